The molecule has 0 saturated heterocycles. The molecule has 0 unspecified atom stereocenters. The lowest BCUT2D eigenvalue weighted by molar-refractivity contribution is 0.545. The summed E-state index contributed by atoms with van der Waals surface area (Å²) in [6.45, 7) is 13.8. The molecule has 1 heteroatoms. The van der Waals surface area contributed by atoms with E-state index in [1.54, 1.807) is 0 Å². The molecule has 0 N–H and O–H groups in total. The smallest absolute Gasteiger partial charge is 0.0683 e. The minimum atomic E-state index is -0.948. The average molecular weight is 156 g/mol. The van der Waals surface area contributed by atoms with Crippen molar-refractivity contribution in [1.82, 2.24) is 0 Å². The van der Waals surface area contributed by atoms with Crippen molar-refractivity contribution in [2.24, 2.45) is 5.41 Å². The van der Waals surface area contributed by atoms with E-state index in [1.165, 1.54) is 0 Å². The van der Waals surface area contributed by atoms with Gasteiger partial charge in [-0.15, -0.1) is 0 Å². The van der Waals surface area contributed by atoms with Gasteiger partial charge in [0.1, 0.15) is 0 Å². The molecule has 0 nitrogen and oxygen atoms in total. The van der Waals surface area contributed by atoms with Crippen molar-refractivity contribution in [2.75, 3.05) is 0 Å². The van der Waals surface area contributed by atoms with E-state index in [1.807, 2.05) is 0 Å². The number of hydrogen-bond donors (Lipinski definition) is 0. The molecule has 0 spiro atoms. The third kappa shape index (κ3) is 7.96. The molecule has 0 fully saturated rings. The predicted octanol–water partition coefficient (Wildman–Crippen LogP) is 3.47. The molecule has 0 heterocycles. The molecule has 0 radical (unpaired) electrons. The molecular weight excluding hydrogens is 136 g/mol. The van der Waals surface area contributed by atoms with Crippen LogP contribution in [0, 0.1) is 5.41 Å². The first-order chi connectivity index (χ1) is 4.21. The van der Waals surface area contributed by atoms with Gasteiger partial charge in [0.2, 0.25) is 0 Å². The van der Waals surface area contributed by atoms with Crippen LogP contribution in [0.4, 0.5) is 0 Å². The molecule has 0 aliphatic heterocycles. The maximum Gasteiger partial charge on any atom is 0.0683 e. The molecule has 10 heavy (non-hydrogen) atoms. The third-order valence-electron chi connectivity index (χ3n) is 1.08. The zero-order valence-corrected chi connectivity index (χ0v) is 9.15. The highest BCUT2D eigenvalue weighted by Crippen LogP contribution is 2.16. The maximum atomic E-state index is 2.41. The molecule has 0 aliphatic carbocycles. The monoisotopic (exact) mass is 156 g/mol. The van der Waals surface area contributed by atoms with Gasteiger partial charge >= 0.3 is 0 Å². The lowest BCUT2D eigenvalue weighted by atomic mass is 9.98. The topological polar surface area (TPSA) is 0 Å². The Morgan fingerprint density at radius 2 is 1.40 bits per heavy atom. The Morgan fingerprint density at radius 3 is 1.50 bits per heavy atom. The van der Waals surface area contributed by atoms with E-state index in [9.17, 15) is 0 Å². The summed E-state index contributed by atoms with van der Waals surface area (Å²) in [6.07, 6.45) is 2.33. The summed E-state index contributed by atoms with van der Waals surface area (Å²) in [7, 11) is -0.948. The van der Waals surface area contributed by atoms with Crippen LogP contribution in [0.15, 0.2) is 11.8 Å². The maximum absolute atomic E-state index is 2.41. The fourth-order valence-electron chi connectivity index (χ4n) is 0.500. The van der Waals surface area contributed by atoms with Crippen LogP contribution in [0.1, 0.15) is 20.8 Å². The Kier molecular flexibility index (Phi) is 2.90. The molecule has 0 amide bonds. The quantitative estimate of drug-likeness (QED) is 0.510. The van der Waals surface area contributed by atoms with Crippen molar-refractivity contribution in [3.8, 4) is 0 Å². The highest BCUT2D eigenvalue weighted by molar-refractivity contribution is 6.80. The van der Waals surface area contributed by atoms with E-state index in [-0.39, 0.29) is 0 Å². The molecule has 0 aromatic carbocycles. The van der Waals surface area contributed by atoms with E-state index in [4.69, 9.17) is 0 Å². The molecule has 0 bridgehead atoms. The molecule has 60 valence electrons. The fraction of sp³-hybridized carbons (Fsp3) is 0.778. The van der Waals surface area contributed by atoms with Gasteiger partial charge in [0.05, 0.1) is 8.07 Å². The van der Waals surface area contributed by atoms with Gasteiger partial charge in [-0.1, -0.05) is 52.2 Å². The normalized spacial score (nSPS) is 14.6. The number of allylic oxidation sites excluding steroid dienone is 1. The number of hydrogen-bond acceptors (Lipinski definition) is 0. The Labute approximate surface area is 66.4 Å². The van der Waals surface area contributed by atoms with Crippen molar-refractivity contribution in [3.63, 3.8) is 0 Å². The van der Waals surface area contributed by atoms with Crippen molar-refractivity contribution in [1.29, 1.82) is 0 Å². The standard InChI is InChI=1S/C9H20Si/c1-9(2,3)7-8-10(4,5)6/h7-8H,1-6H3. The SMILES string of the molecule is CC(C)(C)C=C[Si](C)(C)C. The second-order valence-electron chi connectivity index (χ2n) is 5.07. The predicted molar refractivity (Wildman–Crippen MR) is 51.9 cm³/mol. The minimum Gasteiger partial charge on any atom is -0.0984 e. The Bertz CT molecular complexity index is 105. The largest absolute Gasteiger partial charge is 0.0984 e. The van der Waals surface area contributed by atoms with Crippen molar-refractivity contribution in [3.05, 3.63) is 11.8 Å². The lowest BCUT2D eigenvalue weighted by Gasteiger charge is -2.15. The van der Waals surface area contributed by atoms with Crippen LogP contribution >= 0.6 is 0 Å². The number of rotatable bonds is 1. The second kappa shape index (κ2) is 2.91. The van der Waals surface area contributed by atoms with Crippen LogP contribution in [0.25, 0.3) is 0 Å². The van der Waals surface area contributed by atoms with Crippen LogP contribution in [-0.2, 0) is 0 Å². The van der Waals surface area contributed by atoms with Crippen molar-refractivity contribution < 1.29 is 0 Å². The van der Waals surface area contributed by atoms with Crippen molar-refractivity contribution in [2.45, 2.75) is 40.4 Å². The van der Waals surface area contributed by atoms with Gasteiger partial charge in [0, 0.05) is 0 Å². The zero-order valence-electron chi connectivity index (χ0n) is 8.15. The van der Waals surface area contributed by atoms with E-state index in [2.05, 4.69) is 52.2 Å². The van der Waals surface area contributed by atoms with Crippen LogP contribution < -0.4 is 0 Å². The van der Waals surface area contributed by atoms with Crippen molar-refractivity contribution >= 4 is 8.07 Å². The molecular formula is C9H20Si. The van der Waals surface area contributed by atoms with Gasteiger partial charge < -0.3 is 0 Å². The van der Waals surface area contributed by atoms with Gasteiger partial charge in [-0.2, -0.15) is 0 Å². The lowest BCUT2D eigenvalue weighted by Crippen LogP contribution is -2.17. The summed E-state index contributed by atoms with van der Waals surface area (Å²) in [5.41, 5.74) is 2.77. The fourth-order valence-corrected chi connectivity index (χ4v) is 1.50. The highest BCUT2D eigenvalue weighted by Gasteiger charge is 2.10. The Morgan fingerprint density at radius 1 is 1.00 bits per heavy atom. The van der Waals surface area contributed by atoms with Gasteiger partial charge in [-0.25, -0.2) is 0 Å². The van der Waals surface area contributed by atoms with Gasteiger partial charge in [-0.3, -0.25) is 0 Å². The van der Waals surface area contributed by atoms with Gasteiger partial charge in [0.15, 0.2) is 0 Å². The first kappa shape index (κ1) is 9.96. The molecule has 0 aliphatic rings. The van der Waals surface area contributed by atoms with E-state index >= 15 is 0 Å². The molecule has 0 atom stereocenters. The van der Waals surface area contributed by atoms with Crippen LogP contribution in [0.5, 0.6) is 0 Å². The second-order valence-corrected chi connectivity index (χ2v) is 10.1. The summed E-state index contributed by atoms with van der Waals surface area (Å²) in [5, 5.41) is 0. The summed E-state index contributed by atoms with van der Waals surface area (Å²) < 4.78 is 0. The van der Waals surface area contributed by atoms with E-state index in [0.29, 0.717) is 5.41 Å². The van der Waals surface area contributed by atoms with Crippen LogP contribution in [0.3, 0.4) is 0 Å². The summed E-state index contributed by atoms with van der Waals surface area (Å²) in [5.74, 6) is 0. The first-order valence-electron chi connectivity index (χ1n) is 3.91. The highest BCUT2D eigenvalue weighted by atomic mass is 28.3. The Hall–Kier alpha value is -0.0431. The van der Waals surface area contributed by atoms with Crippen LogP contribution in [-0.4, -0.2) is 8.07 Å². The van der Waals surface area contributed by atoms with Crippen LogP contribution in [0.2, 0.25) is 19.6 Å². The molecule has 0 rings (SSSR count). The van der Waals surface area contributed by atoms with E-state index < -0.39 is 8.07 Å². The first-order valence-corrected chi connectivity index (χ1v) is 7.49. The molecule has 0 saturated carbocycles. The van der Waals surface area contributed by atoms with E-state index in [0.717, 1.165) is 0 Å². The summed E-state index contributed by atoms with van der Waals surface area (Å²) >= 11 is 0. The molecule has 0 aromatic heterocycles. The third-order valence-corrected chi connectivity index (χ3v) is 2.25. The van der Waals surface area contributed by atoms with Gasteiger partial charge in [-0.05, 0) is 5.41 Å². The summed E-state index contributed by atoms with van der Waals surface area (Å²) in [6, 6.07) is 0. The summed E-state index contributed by atoms with van der Waals surface area (Å²) in [4.78, 5) is 0. The van der Waals surface area contributed by atoms with Gasteiger partial charge in [0.25, 0.3) is 0 Å². The zero-order chi connectivity index (χ0) is 8.41. The minimum absolute atomic E-state index is 0.361. The average Bonchev–Trinajstić information content (AvgIpc) is 1.57. The molecule has 0 aromatic rings. The Balaban J connectivity index is 4.01.